The summed E-state index contributed by atoms with van der Waals surface area (Å²) in [5, 5.41) is 22.7. The summed E-state index contributed by atoms with van der Waals surface area (Å²) < 4.78 is 0. The van der Waals surface area contributed by atoms with Gasteiger partial charge in [0.1, 0.15) is 10.8 Å². The lowest BCUT2D eigenvalue weighted by atomic mass is 10.0. The van der Waals surface area contributed by atoms with Gasteiger partial charge >= 0.3 is 0 Å². The van der Waals surface area contributed by atoms with Crippen LogP contribution < -0.4 is 5.32 Å². The third-order valence-electron chi connectivity index (χ3n) is 3.04. The molecule has 2 rings (SSSR count). The topological polar surface area (TPSA) is 82.5 Å². The van der Waals surface area contributed by atoms with E-state index in [0.717, 1.165) is 10.8 Å². The van der Waals surface area contributed by atoms with Crippen LogP contribution in [0.4, 0.5) is 0 Å². The monoisotopic (exact) mass is 294 g/mol. The average molecular weight is 295 g/mol. The van der Waals surface area contributed by atoms with Gasteiger partial charge < -0.3 is 15.5 Å². The van der Waals surface area contributed by atoms with Crippen LogP contribution in [0.5, 0.6) is 0 Å². The Bertz CT molecular complexity index is 641. The van der Waals surface area contributed by atoms with E-state index in [1.807, 2.05) is 24.3 Å². The van der Waals surface area contributed by atoms with Crippen LogP contribution in [0.1, 0.15) is 17.4 Å². The second-order valence-corrected chi connectivity index (χ2v) is 5.21. The molecule has 0 radical (unpaired) electrons. The Labute approximate surface area is 121 Å². The minimum absolute atomic E-state index is 0.141. The molecule has 0 saturated heterocycles. The molecule has 0 aliphatic rings. The van der Waals surface area contributed by atoms with Crippen molar-refractivity contribution in [3.8, 4) is 0 Å². The highest BCUT2D eigenvalue weighted by atomic mass is 35.5. The fourth-order valence-corrected chi connectivity index (χ4v) is 2.00. The van der Waals surface area contributed by atoms with E-state index >= 15 is 0 Å². The number of halogens is 1. The lowest BCUT2D eigenvalue weighted by Gasteiger charge is -2.25. The van der Waals surface area contributed by atoms with Crippen molar-refractivity contribution >= 4 is 28.3 Å². The number of pyridine rings is 1. The lowest BCUT2D eigenvalue weighted by Crippen LogP contribution is -2.51. The van der Waals surface area contributed by atoms with Crippen LogP contribution in [0, 0.1) is 0 Å². The Morgan fingerprint density at radius 1 is 1.35 bits per heavy atom. The molecule has 1 amide bonds. The Morgan fingerprint density at radius 3 is 2.65 bits per heavy atom. The van der Waals surface area contributed by atoms with Gasteiger partial charge in [0.25, 0.3) is 5.91 Å². The molecule has 0 spiro atoms. The molecule has 0 unspecified atom stereocenters. The van der Waals surface area contributed by atoms with Gasteiger partial charge in [0.2, 0.25) is 0 Å². The Hall–Kier alpha value is -1.69. The number of aliphatic hydroxyl groups is 2. The van der Waals surface area contributed by atoms with Gasteiger partial charge in [-0.15, -0.1) is 0 Å². The SMILES string of the molecule is CC(CO)(CO)NC(=O)c1cc2ccccc2c(Cl)n1. The molecule has 5 nitrogen and oxygen atoms in total. The fraction of sp³-hybridized carbons (Fsp3) is 0.286. The number of carbonyl (C=O) groups excluding carboxylic acids is 1. The summed E-state index contributed by atoms with van der Waals surface area (Å²) in [6.45, 7) is 0.778. The number of aromatic nitrogens is 1. The van der Waals surface area contributed by atoms with Crippen molar-refractivity contribution in [2.24, 2.45) is 0 Å². The van der Waals surface area contributed by atoms with Crippen LogP contribution in [0.25, 0.3) is 10.8 Å². The number of benzene rings is 1. The van der Waals surface area contributed by atoms with E-state index in [-0.39, 0.29) is 24.1 Å². The predicted molar refractivity (Wildman–Crippen MR) is 76.8 cm³/mol. The van der Waals surface area contributed by atoms with Gasteiger partial charge in [0, 0.05) is 5.39 Å². The van der Waals surface area contributed by atoms with Gasteiger partial charge in [-0.3, -0.25) is 4.79 Å². The first kappa shape index (κ1) is 14.7. The van der Waals surface area contributed by atoms with E-state index in [9.17, 15) is 15.0 Å². The van der Waals surface area contributed by atoms with Crippen molar-refractivity contribution < 1.29 is 15.0 Å². The van der Waals surface area contributed by atoms with Gasteiger partial charge in [-0.05, 0) is 18.4 Å². The van der Waals surface area contributed by atoms with E-state index in [4.69, 9.17) is 11.6 Å². The molecule has 0 atom stereocenters. The summed E-state index contributed by atoms with van der Waals surface area (Å²) in [6.07, 6.45) is 0. The number of rotatable bonds is 4. The summed E-state index contributed by atoms with van der Waals surface area (Å²) >= 11 is 6.06. The van der Waals surface area contributed by atoms with Crippen molar-refractivity contribution in [1.29, 1.82) is 0 Å². The molecule has 1 aromatic heterocycles. The molecular weight excluding hydrogens is 280 g/mol. The molecule has 0 saturated carbocycles. The molecule has 20 heavy (non-hydrogen) atoms. The highest BCUT2D eigenvalue weighted by Gasteiger charge is 2.26. The Kier molecular flexibility index (Phi) is 4.23. The minimum Gasteiger partial charge on any atom is -0.394 e. The summed E-state index contributed by atoms with van der Waals surface area (Å²) in [6, 6.07) is 8.94. The summed E-state index contributed by atoms with van der Waals surface area (Å²) in [4.78, 5) is 16.2. The average Bonchev–Trinajstić information content (AvgIpc) is 2.47. The largest absolute Gasteiger partial charge is 0.394 e. The molecule has 0 bridgehead atoms. The molecule has 1 aromatic carbocycles. The third-order valence-corrected chi connectivity index (χ3v) is 3.33. The highest BCUT2D eigenvalue weighted by Crippen LogP contribution is 2.22. The normalized spacial score (nSPS) is 11.6. The standard InChI is InChI=1S/C14H15ClN2O3/c1-14(7-18,8-19)17-13(20)11-6-9-4-2-3-5-10(9)12(15)16-11/h2-6,18-19H,7-8H2,1H3,(H,17,20). The maximum atomic E-state index is 12.1. The maximum absolute atomic E-state index is 12.1. The van der Waals surface area contributed by atoms with Crippen molar-refractivity contribution in [3.05, 3.63) is 41.2 Å². The highest BCUT2D eigenvalue weighted by molar-refractivity contribution is 6.34. The van der Waals surface area contributed by atoms with Crippen LogP contribution in [0.3, 0.4) is 0 Å². The predicted octanol–water partition coefficient (Wildman–Crippen LogP) is 1.36. The zero-order valence-corrected chi connectivity index (χ0v) is 11.7. The Morgan fingerprint density at radius 2 is 2.00 bits per heavy atom. The number of nitrogens with zero attached hydrogens (tertiary/aromatic N) is 1. The van der Waals surface area contributed by atoms with Gasteiger partial charge in [-0.25, -0.2) is 4.98 Å². The number of nitrogens with one attached hydrogen (secondary N) is 1. The van der Waals surface area contributed by atoms with Crippen LogP contribution in [0.15, 0.2) is 30.3 Å². The number of hydrogen-bond acceptors (Lipinski definition) is 4. The number of hydrogen-bond donors (Lipinski definition) is 3. The number of carbonyl (C=O) groups is 1. The zero-order chi connectivity index (χ0) is 14.8. The maximum Gasteiger partial charge on any atom is 0.270 e. The van der Waals surface area contributed by atoms with Gasteiger partial charge in [-0.2, -0.15) is 0 Å². The van der Waals surface area contributed by atoms with Crippen molar-refractivity contribution in [1.82, 2.24) is 10.3 Å². The van der Waals surface area contributed by atoms with E-state index in [1.165, 1.54) is 6.92 Å². The van der Waals surface area contributed by atoms with Crippen molar-refractivity contribution in [2.75, 3.05) is 13.2 Å². The first-order valence-corrected chi connectivity index (χ1v) is 6.46. The first-order chi connectivity index (χ1) is 9.49. The molecular formula is C14H15ClN2O3. The van der Waals surface area contributed by atoms with E-state index in [2.05, 4.69) is 10.3 Å². The summed E-state index contributed by atoms with van der Waals surface area (Å²) in [5.41, 5.74) is -0.960. The van der Waals surface area contributed by atoms with E-state index in [0.29, 0.717) is 0 Å². The van der Waals surface area contributed by atoms with E-state index in [1.54, 1.807) is 6.07 Å². The smallest absolute Gasteiger partial charge is 0.270 e. The molecule has 2 aromatic rings. The molecule has 3 N–H and O–H groups in total. The van der Waals surface area contributed by atoms with Crippen LogP contribution in [-0.2, 0) is 0 Å². The van der Waals surface area contributed by atoms with Gasteiger partial charge in [0.05, 0.1) is 18.8 Å². The Balaban J connectivity index is 2.36. The molecule has 0 fully saturated rings. The summed E-state index contributed by atoms with van der Waals surface area (Å²) in [7, 11) is 0. The number of aliphatic hydroxyl groups excluding tert-OH is 2. The van der Waals surface area contributed by atoms with E-state index < -0.39 is 11.4 Å². The second kappa shape index (κ2) is 5.75. The number of amides is 1. The third kappa shape index (κ3) is 2.90. The van der Waals surface area contributed by atoms with Crippen molar-refractivity contribution in [3.63, 3.8) is 0 Å². The van der Waals surface area contributed by atoms with Crippen molar-refractivity contribution in [2.45, 2.75) is 12.5 Å². The lowest BCUT2D eigenvalue weighted by molar-refractivity contribution is 0.0719. The quantitative estimate of drug-likeness (QED) is 0.744. The van der Waals surface area contributed by atoms with Crippen LogP contribution in [-0.4, -0.2) is 39.9 Å². The molecule has 6 heteroatoms. The van der Waals surface area contributed by atoms with Gasteiger partial charge in [-0.1, -0.05) is 35.9 Å². The number of fused-ring (bicyclic) bond motifs is 1. The summed E-state index contributed by atoms with van der Waals surface area (Å²) in [5.74, 6) is -0.497. The van der Waals surface area contributed by atoms with Gasteiger partial charge in [0.15, 0.2) is 0 Å². The van der Waals surface area contributed by atoms with Crippen LogP contribution >= 0.6 is 11.6 Å². The first-order valence-electron chi connectivity index (χ1n) is 6.08. The second-order valence-electron chi connectivity index (χ2n) is 4.85. The minimum atomic E-state index is -1.10. The molecule has 0 aliphatic carbocycles. The molecule has 1 heterocycles. The zero-order valence-electron chi connectivity index (χ0n) is 10.9. The van der Waals surface area contributed by atoms with Crippen LogP contribution in [0.2, 0.25) is 5.15 Å². The fourth-order valence-electron chi connectivity index (χ4n) is 1.74. The molecule has 106 valence electrons. The molecule has 0 aliphatic heterocycles.